The molecule has 0 aliphatic carbocycles. The minimum absolute atomic E-state index is 0.389. The number of esters is 2. The molecule has 10 heteroatoms. The summed E-state index contributed by atoms with van der Waals surface area (Å²) in [7, 11) is 3.30. The van der Waals surface area contributed by atoms with Crippen LogP contribution in [0, 0.1) is 0 Å². The first-order valence-corrected chi connectivity index (χ1v) is 21.0. The molecule has 0 aromatic heterocycles. The number of hydrogen-bond acceptors (Lipinski definition) is 10. The minimum atomic E-state index is -0.626. The highest BCUT2D eigenvalue weighted by atomic mass is 16.6. The number of methoxy groups -OCH3 is 2. The van der Waals surface area contributed by atoms with Crippen molar-refractivity contribution in [2.45, 2.75) is 52.7 Å². The Bertz CT molecular complexity index is 2470. The highest BCUT2D eigenvalue weighted by Gasteiger charge is 2.22. The van der Waals surface area contributed by atoms with Crippen LogP contribution in [0.4, 0.5) is 56.9 Å². The van der Waals surface area contributed by atoms with Crippen molar-refractivity contribution < 1.29 is 28.5 Å². The van der Waals surface area contributed by atoms with Gasteiger partial charge in [-0.2, -0.15) is 0 Å². The third-order valence-electron chi connectivity index (χ3n) is 9.87. The number of hydrogen-bond donors (Lipinski definition) is 2. The number of nitrogens with one attached hydrogen (secondary N) is 2. The van der Waals surface area contributed by atoms with Crippen LogP contribution in [-0.2, 0) is 9.47 Å². The largest absolute Gasteiger partial charge is 0.497 e. The Morgan fingerprint density at radius 3 is 0.953 bits per heavy atom. The molecule has 0 saturated heterocycles. The predicted molar refractivity (Wildman–Crippen MR) is 259 cm³/mol. The second-order valence-electron chi connectivity index (χ2n) is 17.1. The molecule has 0 radical (unpaired) electrons. The van der Waals surface area contributed by atoms with Crippen LogP contribution in [-0.4, -0.2) is 37.4 Å². The summed E-state index contributed by atoms with van der Waals surface area (Å²) in [6.45, 7) is 11.1. The van der Waals surface area contributed by atoms with Gasteiger partial charge in [-0.25, -0.2) is 9.59 Å². The number of anilines is 10. The first kappa shape index (κ1) is 44.3. The number of ether oxygens (including phenoxy) is 4. The molecule has 7 rings (SSSR count). The summed E-state index contributed by atoms with van der Waals surface area (Å²) >= 11 is 0. The fourth-order valence-electron chi connectivity index (χ4n) is 6.90. The van der Waals surface area contributed by atoms with Crippen LogP contribution in [0.5, 0.6) is 11.5 Å². The van der Waals surface area contributed by atoms with Gasteiger partial charge >= 0.3 is 11.9 Å². The molecule has 0 spiro atoms. The quantitative estimate of drug-likeness (QED) is 0.103. The minimum Gasteiger partial charge on any atom is -0.497 e. The van der Waals surface area contributed by atoms with Crippen molar-refractivity contribution in [3.8, 4) is 11.5 Å². The zero-order valence-electron chi connectivity index (χ0n) is 37.5. The summed E-state index contributed by atoms with van der Waals surface area (Å²) in [5.41, 5.74) is 8.53. The summed E-state index contributed by atoms with van der Waals surface area (Å²) in [5.74, 6) is 0.790. The molecule has 0 bridgehead atoms. The van der Waals surface area contributed by atoms with Gasteiger partial charge in [0.05, 0.1) is 25.3 Å². The average molecular weight is 855 g/mol. The molecule has 0 heterocycles. The highest BCUT2D eigenvalue weighted by Crippen LogP contribution is 2.41. The van der Waals surface area contributed by atoms with Crippen LogP contribution in [0.25, 0.3) is 0 Å². The molecule has 0 atom stereocenters. The maximum absolute atomic E-state index is 13.1. The van der Waals surface area contributed by atoms with Crippen LogP contribution in [0.2, 0.25) is 0 Å². The Morgan fingerprint density at radius 2 is 0.672 bits per heavy atom. The van der Waals surface area contributed by atoms with Crippen molar-refractivity contribution in [2.24, 2.45) is 0 Å². The van der Waals surface area contributed by atoms with Crippen molar-refractivity contribution in [1.82, 2.24) is 0 Å². The first-order chi connectivity index (χ1) is 30.6. The van der Waals surface area contributed by atoms with Gasteiger partial charge in [0.2, 0.25) is 0 Å². The molecule has 2 N–H and O–H groups in total. The molecule has 326 valence electrons. The molecule has 0 amide bonds. The maximum atomic E-state index is 13.1. The standard InChI is InChI=1S/C54H54N4O6/c1-53(2,3)63-51(59)37-12-24-43(25-13-37)57(45-28-16-39(17-29-45)55-41-20-32-49(61-7)33-21-41)47-10-9-11-48(36-47)58(44-26-14-38(15-27-44)52(60)64-54(4,5)6)46-30-18-40(19-31-46)56-42-22-34-50(62-8)35-23-42/h9-36,55-56H,1-8H3. The Hall–Kier alpha value is -7.72. The number of nitrogens with zero attached hydrogens (tertiary/aromatic N) is 2. The first-order valence-electron chi connectivity index (χ1n) is 21.0. The summed E-state index contributed by atoms with van der Waals surface area (Å²) < 4.78 is 22.0. The molecule has 0 saturated carbocycles. The Labute approximate surface area is 376 Å². The van der Waals surface area contributed by atoms with Crippen molar-refractivity contribution in [1.29, 1.82) is 0 Å². The van der Waals surface area contributed by atoms with E-state index in [2.05, 4.69) is 62.9 Å². The van der Waals surface area contributed by atoms with Crippen LogP contribution >= 0.6 is 0 Å². The third kappa shape index (κ3) is 11.4. The van der Waals surface area contributed by atoms with Crippen LogP contribution in [0.15, 0.2) is 170 Å². The lowest BCUT2D eigenvalue weighted by molar-refractivity contribution is 0.00570. The molecule has 7 aromatic rings. The van der Waals surface area contributed by atoms with Crippen LogP contribution in [0.1, 0.15) is 62.3 Å². The normalized spacial score (nSPS) is 11.2. The lowest BCUT2D eigenvalue weighted by atomic mass is 10.1. The van der Waals surface area contributed by atoms with Gasteiger partial charge in [0, 0.05) is 56.9 Å². The van der Waals surface area contributed by atoms with E-state index < -0.39 is 11.2 Å². The predicted octanol–water partition coefficient (Wildman–Crippen LogP) is 14.0. The van der Waals surface area contributed by atoms with Gasteiger partial charge < -0.3 is 39.4 Å². The summed E-state index contributed by atoms with van der Waals surface area (Å²) in [4.78, 5) is 30.4. The molecule has 0 unspecified atom stereocenters. The van der Waals surface area contributed by atoms with Gasteiger partial charge in [-0.15, -0.1) is 0 Å². The third-order valence-corrected chi connectivity index (χ3v) is 9.87. The SMILES string of the molecule is COc1ccc(Nc2ccc(N(c3ccc(C(=O)OC(C)(C)C)cc3)c3cccc(N(c4ccc(Nc5ccc(OC)cc5)cc4)c4ccc(C(=O)OC(C)(C)C)cc4)c3)cc2)cc1. The van der Waals surface area contributed by atoms with Crippen molar-refractivity contribution >= 4 is 68.8 Å². The second kappa shape index (κ2) is 19.1. The zero-order chi connectivity index (χ0) is 45.4. The van der Waals surface area contributed by atoms with Crippen LogP contribution < -0.4 is 29.9 Å². The Balaban J connectivity index is 1.27. The van der Waals surface area contributed by atoms with Gasteiger partial charge in [-0.1, -0.05) is 6.07 Å². The monoisotopic (exact) mass is 854 g/mol. The van der Waals surface area contributed by atoms with E-state index in [1.807, 2.05) is 145 Å². The molecular formula is C54H54N4O6. The number of rotatable bonds is 14. The maximum Gasteiger partial charge on any atom is 0.338 e. The van der Waals surface area contributed by atoms with Gasteiger partial charge in [0.15, 0.2) is 0 Å². The van der Waals surface area contributed by atoms with Crippen LogP contribution in [0.3, 0.4) is 0 Å². The van der Waals surface area contributed by atoms with E-state index in [0.29, 0.717) is 11.1 Å². The van der Waals surface area contributed by atoms with E-state index in [1.54, 1.807) is 38.5 Å². The average Bonchev–Trinajstić information content (AvgIpc) is 3.28. The lowest BCUT2D eigenvalue weighted by Crippen LogP contribution is -2.23. The smallest absolute Gasteiger partial charge is 0.338 e. The van der Waals surface area contributed by atoms with Gasteiger partial charge in [-0.05, 0) is 205 Å². The number of benzene rings is 7. The van der Waals surface area contributed by atoms with Crippen molar-refractivity contribution in [3.63, 3.8) is 0 Å². The van der Waals surface area contributed by atoms with Gasteiger partial charge in [0.1, 0.15) is 22.7 Å². The van der Waals surface area contributed by atoms with Crippen molar-refractivity contribution in [3.05, 3.63) is 181 Å². The number of carbonyl (C=O) groups excluding carboxylic acids is 2. The number of carbonyl (C=O) groups is 2. The van der Waals surface area contributed by atoms with Gasteiger partial charge in [0.25, 0.3) is 0 Å². The van der Waals surface area contributed by atoms with E-state index in [9.17, 15) is 9.59 Å². The molecule has 64 heavy (non-hydrogen) atoms. The topological polar surface area (TPSA) is 102 Å². The fourth-order valence-corrected chi connectivity index (χ4v) is 6.90. The van der Waals surface area contributed by atoms with E-state index in [4.69, 9.17) is 18.9 Å². The van der Waals surface area contributed by atoms with E-state index in [1.165, 1.54) is 0 Å². The molecule has 7 aromatic carbocycles. The summed E-state index contributed by atoms with van der Waals surface area (Å²) in [6, 6.07) is 55.0. The lowest BCUT2D eigenvalue weighted by Gasteiger charge is -2.30. The summed E-state index contributed by atoms with van der Waals surface area (Å²) in [6.07, 6.45) is 0. The molecule has 0 aliphatic heterocycles. The van der Waals surface area contributed by atoms with E-state index in [0.717, 1.165) is 68.4 Å². The molecule has 0 aliphatic rings. The molecular weight excluding hydrogens is 801 g/mol. The van der Waals surface area contributed by atoms with Gasteiger partial charge in [-0.3, -0.25) is 0 Å². The van der Waals surface area contributed by atoms with E-state index >= 15 is 0 Å². The zero-order valence-corrected chi connectivity index (χ0v) is 37.5. The van der Waals surface area contributed by atoms with E-state index in [-0.39, 0.29) is 11.9 Å². The highest BCUT2D eigenvalue weighted by molar-refractivity contribution is 5.92. The Morgan fingerprint density at radius 1 is 0.391 bits per heavy atom. The Kier molecular flexibility index (Phi) is 13.3. The second-order valence-corrected chi connectivity index (χ2v) is 17.1. The van der Waals surface area contributed by atoms with Crippen molar-refractivity contribution in [2.75, 3.05) is 34.7 Å². The molecule has 10 nitrogen and oxygen atoms in total. The summed E-state index contributed by atoms with van der Waals surface area (Å²) in [5, 5.41) is 6.95. The fraction of sp³-hybridized carbons (Fsp3) is 0.185. The molecule has 0 fully saturated rings.